The molecule has 1 heterocycles. The van der Waals surface area contributed by atoms with Gasteiger partial charge in [0, 0.05) is 46.3 Å². The molecule has 2 aromatic carbocycles. The van der Waals surface area contributed by atoms with Crippen LogP contribution in [0.1, 0.15) is 11.1 Å². The zero-order valence-corrected chi connectivity index (χ0v) is 17.5. The van der Waals surface area contributed by atoms with Crippen molar-refractivity contribution in [2.24, 2.45) is 7.05 Å². The lowest BCUT2D eigenvalue weighted by Crippen LogP contribution is -2.18. The van der Waals surface area contributed by atoms with E-state index in [4.69, 9.17) is 4.74 Å². The van der Waals surface area contributed by atoms with Gasteiger partial charge in [0.2, 0.25) is 0 Å². The molecule has 30 heavy (non-hydrogen) atoms. The van der Waals surface area contributed by atoms with Crippen LogP contribution in [0, 0.1) is 6.92 Å². The summed E-state index contributed by atoms with van der Waals surface area (Å²) in [6.45, 7) is -1.21. The quantitative estimate of drug-likeness (QED) is 0.558. The molecule has 0 spiro atoms. The predicted octanol–water partition coefficient (Wildman–Crippen LogP) is 4.28. The average Bonchev–Trinajstić information content (AvgIpc) is 2.70. The Balaban J connectivity index is 1.95. The number of nitrogens with zero attached hydrogens (tertiary/aromatic N) is 1. The largest absolute Gasteiger partial charge is 0.489 e. The molecule has 0 aliphatic rings. The Bertz CT molecular complexity index is 1120. The molecule has 0 aliphatic carbocycles. The first-order valence-electron chi connectivity index (χ1n) is 9.06. The number of alkyl halides is 2. The fourth-order valence-corrected chi connectivity index (χ4v) is 3.59. The van der Waals surface area contributed by atoms with Crippen LogP contribution in [-0.4, -0.2) is 21.6 Å². The standard InChI is InChI=1S/C22H21F2NO4S/c1-14-8-17(12-25(2)21(14)26)16-9-18(11-19(10-16)30(3)27)28-13-15-6-4-5-7-20(15)29-22(23)24/h4-12,22H,13H2,1-3H3. The summed E-state index contributed by atoms with van der Waals surface area (Å²) in [7, 11) is 0.394. The molecule has 1 aromatic heterocycles. The van der Waals surface area contributed by atoms with Crippen LogP contribution in [0.3, 0.4) is 0 Å². The van der Waals surface area contributed by atoms with E-state index in [1.165, 1.54) is 10.6 Å². The van der Waals surface area contributed by atoms with Crippen molar-refractivity contribution >= 4 is 10.8 Å². The van der Waals surface area contributed by atoms with E-state index in [1.54, 1.807) is 68.9 Å². The lowest BCUT2D eigenvalue weighted by molar-refractivity contribution is -0.0508. The highest BCUT2D eigenvalue weighted by molar-refractivity contribution is 7.84. The maximum atomic E-state index is 12.6. The third-order valence-corrected chi connectivity index (χ3v) is 5.39. The monoisotopic (exact) mass is 433 g/mol. The van der Waals surface area contributed by atoms with Gasteiger partial charge in [-0.15, -0.1) is 0 Å². The van der Waals surface area contributed by atoms with Crippen LogP contribution < -0.4 is 15.0 Å². The normalized spacial score (nSPS) is 12.1. The molecule has 5 nitrogen and oxygen atoms in total. The Kier molecular flexibility index (Phi) is 6.66. The van der Waals surface area contributed by atoms with Crippen molar-refractivity contribution in [3.05, 3.63) is 76.2 Å². The molecule has 0 radical (unpaired) electrons. The third kappa shape index (κ3) is 5.13. The molecule has 1 atom stereocenters. The van der Waals surface area contributed by atoms with Crippen LogP contribution in [0.5, 0.6) is 11.5 Å². The predicted molar refractivity (Wildman–Crippen MR) is 112 cm³/mol. The number of hydrogen-bond donors (Lipinski definition) is 0. The topological polar surface area (TPSA) is 57.5 Å². The van der Waals surface area contributed by atoms with Gasteiger partial charge in [0.25, 0.3) is 5.56 Å². The van der Waals surface area contributed by atoms with Gasteiger partial charge in [0.15, 0.2) is 0 Å². The first kappa shape index (κ1) is 21.7. The number of para-hydroxylation sites is 1. The number of aryl methyl sites for hydroxylation is 2. The molecule has 3 rings (SSSR count). The molecule has 0 saturated carbocycles. The second kappa shape index (κ2) is 9.21. The fraction of sp³-hybridized carbons (Fsp3) is 0.227. The van der Waals surface area contributed by atoms with Crippen molar-refractivity contribution in [1.82, 2.24) is 4.57 Å². The lowest BCUT2D eigenvalue weighted by Gasteiger charge is -2.14. The van der Waals surface area contributed by atoms with Crippen molar-refractivity contribution in [3.8, 4) is 22.6 Å². The molecule has 0 amide bonds. The van der Waals surface area contributed by atoms with Gasteiger partial charge in [-0.25, -0.2) is 0 Å². The molecule has 0 N–H and O–H groups in total. The highest BCUT2D eigenvalue weighted by Crippen LogP contribution is 2.29. The van der Waals surface area contributed by atoms with Gasteiger partial charge in [0.1, 0.15) is 18.1 Å². The number of halogens is 2. The van der Waals surface area contributed by atoms with Crippen molar-refractivity contribution in [2.75, 3.05) is 6.26 Å². The van der Waals surface area contributed by atoms with E-state index < -0.39 is 17.4 Å². The van der Waals surface area contributed by atoms with Crippen LogP contribution in [-0.2, 0) is 24.5 Å². The Labute approximate surface area is 175 Å². The van der Waals surface area contributed by atoms with Gasteiger partial charge in [-0.2, -0.15) is 8.78 Å². The van der Waals surface area contributed by atoms with Gasteiger partial charge in [-0.1, -0.05) is 18.2 Å². The molecule has 3 aromatic rings. The average molecular weight is 433 g/mol. The van der Waals surface area contributed by atoms with E-state index in [1.807, 2.05) is 0 Å². The van der Waals surface area contributed by atoms with E-state index in [2.05, 4.69) is 4.74 Å². The van der Waals surface area contributed by atoms with Gasteiger partial charge < -0.3 is 14.0 Å². The maximum absolute atomic E-state index is 12.6. The van der Waals surface area contributed by atoms with E-state index in [-0.39, 0.29) is 17.9 Å². The van der Waals surface area contributed by atoms with Crippen LogP contribution in [0.25, 0.3) is 11.1 Å². The number of benzene rings is 2. The highest BCUT2D eigenvalue weighted by atomic mass is 32.2. The fourth-order valence-electron chi connectivity index (χ4n) is 3.02. The summed E-state index contributed by atoms with van der Waals surface area (Å²) >= 11 is 0. The van der Waals surface area contributed by atoms with E-state index in [0.717, 1.165) is 11.1 Å². The summed E-state index contributed by atoms with van der Waals surface area (Å²) in [4.78, 5) is 12.5. The lowest BCUT2D eigenvalue weighted by atomic mass is 10.1. The van der Waals surface area contributed by atoms with Gasteiger partial charge in [-0.05, 0) is 48.4 Å². The first-order chi connectivity index (χ1) is 14.2. The number of hydrogen-bond acceptors (Lipinski definition) is 4. The van der Waals surface area contributed by atoms with Gasteiger partial charge >= 0.3 is 6.61 Å². The van der Waals surface area contributed by atoms with Crippen LogP contribution in [0.4, 0.5) is 8.78 Å². The van der Waals surface area contributed by atoms with Gasteiger partial charge in [-0.3, -0.25) is 9.00 Å². The van der Waals surface area contributed by atoms with Crippen molar-refractivity contribution in [2.45, 2.75) is 25.0 Å². The second-order valence-electron chi connectivity index (χ2n) is 6.75. The summed E-state index contributed by atoms with van der Waals surface area (Å²) in [6.07, 6.45) is 3.25. The molecule has 0 bridgehead atoms. The maximum Gasteiger partial charge on any atom is 0.387 e. The van der Waals surface area contributed by atoms with Crippen LogP contribution in [0.15, 0.2) is 64.4 Å². The molecule has 0 fully saturated rings. The molecule has 1 unspecified atom stereocenters. The summed E-state index contributed by atoms with van der Waals surface area (Å²) in [5, 5.41) is 0. The Morgan fingerprint density at radius 1 is 1.10 bits per heavy atom. The minimum absolute atomic E-state index is 0.00552. The first-order valence-corrected chi connectivity index (χ1v) is 10.6. The summed E-state index contributed by atoms with van der Waals surface area (Å²) in [5.41, 5.74) is 2.45. The van der Waals surface area contributed by atoms with Crippen molar-refractivity contribution in [3.63, 3.8) is 0 Å². The second-order valence-corrected chi connectivity index (χ2v) is 8.13. The Morgan fingerprint density at radius 2 is 1.83 bits per heavy atom. The summed E-state index contributed by atoms with van der Waals surface area (Å²) in [5.74, 6) is 0.465. The molecule has 158 valence electrons. The number of pyridine rings is 1. The number of ether oxygens (including phenoxy) is 2. The molecule has 8 heteroatoms. The molecule has 0 saturated heterocycles. The van der Waals surface area contributed by atoms with Crippen LogP contribution >= 0.6 is 0 Å². The minimum atomic E-state index is -2.93. The van der Waals surface area contributed by atoms with Crippen molar-refractivity contribution in [1.29, 1.82) is 0 Å². The molecule has 0 aliphatic heterocycles. The zero-order valence-electron chi connectivity index (χ0n) is 16.7. The molecular formula is C22H21F2NO4S. The zero-order chi connectivity index (χ0) is 21.8. The summed E-state index contributed by atoms with van der Waals surface area (Å²) < 4.78 is 49.2. The van der Waals surface area contributed by atoms with E-state index >= 15 is 0 Å². The SMILES string of the molecule is Cc1cc(-c2cc(OCc3ccccc3OC(F)F)cc(S(C)=O)c2)cn(C)c1=O. The van der Waals surface area contributed by atoms with Crippen LogP contribution in [0.2, 0.25) is 0 Å². The third-order valence-electron chi connectivity index (χ3n) is 4.49. The smallest absolute Gasteiger partial charge is 0.387 e. The van der Waals surface area contributed by atoms with E-state index in [0.29, 0.717) is 21.8 Å². The number of aromatic nitrogens is 1. The Morgan fingerprint density at radius 3 is 2.50 bits per heavy atom. The molecular weight excluding hydrogens is 412 g/mol. The van der Waals surface area contributed by atoms with E-state index in [9.17, 15) is 17.8 Å². The highest BCUT2D eigenvalue weighted by Gasteiger charge is 2.12. The minimum Gasteiger partial charge on any atom is -0.489 e. The Hall–Kier alpha value is -3.00. The van der Waals surface area contributed by atoms with Crippen molar-refractivity contribution < 1.29 is 22.5 Å². The van der Waals surface area contributed by atoms with Gasteiger partial charge in [0.05, 0.1) is 0 Å². The summed E-state index contributed by atoms with van der Waals surface area (Å²) in [6, 6.07) is 13.3. The number of rotatable bonds is 7.